The Balaban J connectivity index is 2.06. The predicted molar refractivity (Wildman–Crippen MR) is 71.3 cm³/mol. The summed E-state index contributed by atoms with van der Waals surface area (Å²) >= 11 is 0. The molecular formula is C15H23NO. The summed E-state index contributed by atoms with van der Waals surface area (Å²) < 4.78 is 6.17. The number of rotatable bonds is 4. The van der Waals surface area contributed by atoms with E-state index in [-0.39, 0.29) is 5.60 Å². The first-order valence-electron chi connectivity index (χ1n) is 6.76. The molecule has 1 aliphatic carbocycles. The molecule has 0 saturated heterocycles. The first-order valence-corrected chi connectivity index (χ1v) is 6.76. The van der Waals surface area contributed by atoms with Crippen LogP contribution in [0.4, 0.5) is 0 Å². The summed E-state index contributed by atoms with van der Waals surface area (Å²) in [5.41, 5.74) is 7.16. The molecule has 0 heterocycles. The van der Waals surface area contributed by atoms with Gasteiger partial charge in [0.2, 0.25) is 0 Å². The van der Waals surface area contributed by atoms with Crippen molar-refractivity contribution in [3.63, 3.8) is 0 Å². The number of ether oxygens (including phenoxy) is 1. The van der Waals surface area contributed by atoms with Gasteiger partial charge in [-0.2, -0.15) is 0 Å². The molecule has 1 fully saturated rings. The van der Waals surface area contributed by atoms with Crippen LogP contribution in [0.2, 0.25) is 0 Å². The lowest BCUT2D eigenvalue weighted by atomic mass is 9.84. The van der Waals surface area contributed by atoms with Crippen LogP contribution in [0.15, 0.2) is 24.3 Å². The molecule has 2 heteroatoms. The third-order valence-corrected chi connectivity index (χ3v) is 3.80. The third kappa shape index (κ3) is 3.01. The van der Waals surface area contributed by atoms with E-state index in [1.54, 1.807) is 0 Å². The third-order valence-electron chi connectivity index (χ3n) is 3.80. The van der Waals surface area contributed by atoms with Crippen LogP contribution in [-0.2, 0) is 6.42 Å². The van der Waals surface area contributed by atoms with Crippen molar-refractivity contribution < 1.29 is 4.74 Å². The monoisotopic (exact) mass is 233 g/mol. The lowest BCUT2D eigenvalue weighted by Gasteiger charge is -2.36. The zero-order valence-electron chi connectivity index (χ0n) is 10.7. The van der Waals surface area contributed by atoms with Crippen LogP contribution in [0.3, 0.4) is 0 Å². The van der Waals surface area contributed by atoms with Crippen LogP contribution in [0.25, 0.3) is 0 Å². The van der Waals surface area contributed by atoms with Gasteiger partial charge in [-0.15, -0.1) is 0 Å². The van der Waals surface area contributed by atoms with Crippen molar-refractivity contribution in [2.45, 2.75) is 51.0 Å². The van der Waals surface area contributed by atoms with Gasteiger partial charge in [0.1, 0.15) is 11.4 Å². The van der Waals surface area contributed by atoms with Crippen molar-refractivity contribution in [2.24, 2.45) is 5.73 Å². The number of hydrogen-bond acceptors (Lipinski definition) is 2. The summed E-state index contributed by atoms with van der Waals surface area (Å²) in [7, 11) is 0. The van der Waals surface area contributed by atoms with E-state index in [0.29, 0.717) is 6.54 Å². The molecule has 0 aromatic heterocycles. The SMILES string of the molecule is CCc1ccc(OC2(CN)CCCCC2)cc1. The van der Waals surface area contributed by atoms with Gasteiger partial charge in [-0.3, -0.25) is 0 Å². The van der Waals surface area contributed by atoms with Crippen molar-refractivity contribution in [3.05, 3.63) is 29.8 Å². The van der Waals surface area contributed by atoms with E-state index < -0.39 is 0 Å². The Bertz CT molecular complexity index is 338. The number of aryl methyl sites for hydroxylation is 1. The molecule has 1 saturated carbocycles. The van der Waals surface area contributed by atoms with Gasteiger partial charge in [-0.05, 0) is 49.8 Å². The van der Waals surface area contributed by atoms with Crippen LogP contribution < -0.4 is 10.5 Å². The molecule has 1 aliphatic rings. The first-order chi connectivity index (χ1) is 8.28. The van der Waals surface area contributed by atoms with Gasteiger partial charge in [0.25, 0.3) is 0 Å². The van der Waals surface area contributed by atoms with Crippen molar-refractivity contribution in [1.29, 1.82) is 0 Å². The summed E-state index contributed by atoms with van der Waals surface area (Å²) in [4.78, 5) is 0. The van der Waals surface area contributed by atoms with Gasteiger partial charge in [0.05, 0.1) is 0 Å². The van der Waals surface area contributed by atoms with Crippen molar-refractivity contribution in [1.82, 2.24) is 0 Å². The summed E-state index contributed by atoms with van der Waals surface area (Å²) in [6, 6.07) is 8.43. The maximum atomic E-state index is 6.17. The van der Waals surface area contributed by atoms with E-state index in [0.717, 1.165) is 25.0 Å². The lowest BCUT2D eigenvalue weighted by Crippen LogP contribution is -2.45. The Kier molecular flexibility index (Phi) is 4.06. The molecule has 0 atom stereocenters. The standard InChI is InChI=1S/C15H23NO/c1-2-13-6-8-14(9-7-13)17-15(12-16)10-4-3-5-11-15/h6-9H,2-5,10-12,16H2,1H3. The van der Waals surface area contributed by atoms with Gasteiger partial charge >= 0.3 is 0 Å². The zero-order valence-corrected chi connectivity index (χ0v) is 10.7. The smallest absolute Gasteiger partial charge is 0.121 e. The molecule has 0 amide bonds. The zero-order chi connectivity index (χ0) is 12.1. The summed E-state index contributed by atoms with van der Waals surface area (Å²) in [6.45, 7) is 2.79. The van der Waals surface area contributed by atoms with E-state index >= 15 is 0 Å². The van der Waals surface area contributed by atoms with Crippen LogP contribution in [0, 0.1) is 0 Å². The first kappa shape index (κ1) is 12.4. The Morgan fingerprint density at radius 3 is 2.29 bits per heavy atom. The summed E-state index contributed by atoms with van der Waals surface area (Å²) in [5, 5.41) is 0. The normalized spacial score (nSPS) is 18.9. The Morgan fingerprint density at radius 2 is 1.76 bits per heavy atom. The van der Waals surface area contributed by atoms with E-state index in [2.05, 4.69) is 31.2 Å². The molecule has 0 bridgehead atoms. The second kappa shape index (κ2) is 5.54. The second-order valence-corrected chi connectivity index (χ2v) is 5.05. The van der Waals surface area contributed by atoms with Gasteiger partial charge in [-0.25, -0.2) is 0 Å². The highest BCUT2D eigenvalue weighted by atomic mass is 16.5. The molecule has 0 radical (unpaired) electrons. The maximum absolute atomic E-state index is 6.17. The molecule has 0 spiro atoms. The van der Waals surface area contributed by atoms with Crippen LogP contribution >= 0.6 is 0 Å². The highest BCUT2D eigenvalue weighted by Gasteiger charge is 2.32. The minimum absolute atomic E-state index is 0.105. The number of nitrogens with two attached hydrogens (primary N) is 1. The molecule has 94 valence electrons. The Hall–Kier alpha value is -1.02. The van der Waals surface area contributed by atoms with E-state index in [1.165, 1.54) is 24.8 Å². The number of benzene rings is 1. The number of hydrogen-bond donors (Lipinski definition) is 1. The maximum Gasteiger partial charge on any atom is 0.121 e. The highest BCUT2D eigenvalue weighted by Crippen LogP contribution is 2.32. The van der Waals surface area contributed by atoms with Gasteiger partial charge < -0.3 is 10.5 Å². The molecular weight excluding hydrogens is 210 g/mol. The second-order valence-electron chi connectivity index (χ2n) is 5.05. The largest absolute Gasteiger partial charge is 0.486 e. The quantitative estimate of drug-likeness (QED) is 0.866. The molecule has 2 nitrogen and oxygen atoms in total. The fraction of sp³-hybridized carbons (Fsp3) is 0.600. The molecule has 1 aromatic rings. The Morgan fingerprint density at radius 1 is 1.12 bits per heavy atom. The predicted octanol–water partition coefficient (Wildman–Crippen LogP) is 3.29. The van der Waals surface area contributed by atoms with Gasteiger partial charge in [0.15, 0.2) is 0 Å². The van der Waals surface area contributed by atoms with E-state index in [9.17, 15) is 0 Å². The molecule has 1 aromatic carbocycles. The fourth-order valence-corrected chi connectivity index (χ4v) is 2.59. The topological polar surface area (TPSA) is 35.2 Å². The fourth-order valence-electron chi connectivity index (χ4n) is 2.59. The molecule has 0 unspecified atom stereocenters. The van der Waals surface area contributed by atoms with Crippen molar-refractivity contribution in [2.75, 3.05) is 6.54 Å². The Labute approximate surface area is 104 Å². The van der Waals surface area contributed by atoms with E-state index in [4.69, 9.17) is 10.5 Å². The average Bonchev–Trinajstić information content (AvgIpc) is 2.41. The molecule has 2 rings (SSSR count). The molecule has 17 heavy (non-hydrogen) atoms. The highest BCUT2D eigenvalue weighted by molar-refractivity contribution is 5.28. The van der Waals surface area contributed by atoms with Crippen LogP contribution in [0.5, 0.6) is 5.75 Å². The van der Waals surface area contributed by atoms with Crippen LogP contribution in [-0.4, -0.2) is 12.1 Å². The lowest BCUT2D eigenvalue weighted by molar-refractivity contribution is 0.0387. The minimum Gasteiger partial charge on any atom is -0.486 e. The van der Waals surface area contributed by atoms with Crippen LogP contribution in [0.1, 0.15) is 44.6 Å². The van der Waals surface area contributed by atoms with Crippen molar-refractivity contribution >= 4 is 0 Å². The van der Waals surface area contributed by atoms with Gasteiger partial charge in [-0.1, -0.05) is 25.5 Å². The summed E-state index contributed by atoms with van der Waals surface area (Å²) in [5.74, 6) is 0.967. The van der Waals surface area contributed by atoms with Crippen molar-refractivity contribution in [3.8, 4) is 5.75 Å². The molecule has 0 aliphatic heterocycles. The van der Waals surface area contributed by atoms with Gasteiger partial charge in [0, 0.05) is 6.54 Å². The van der Waals surface area contributed by atoms with E-state index in [1.807, 2.05) is 0 Å². The molecule has 2 N–H and O–H groups in total. The average molecular weight is 233 g/mol. The minimum atomic E-state index is -0.105. The summed E-state index contributed by atoms with van der Waals surface area (Å²) in [6.07, 6.45) is 7.06.